The van der Waals surface area contributed by atoms with Crippen LogP contribution in [0.2, 0.25) is 0 Å². The number of nitrogens with one attached hydrogen (secondary N) is 1. The van der Waals surface area contributed by atoms with E-state index in [2.05, 4.69) is 16.9 Å². The molecule has 0 spiro atoms. The van der Waals surface area contributed by atoms with Crippen molar-refractivity contribution >= 4 is 11.9 Å². The van der Waals surface area contributed by atoms with Gasteiger partial charge in [0.15, 0.2) is 5.96 Å². The normalized spacial score (nSPS) is 12.5. The average Bonchev–Trinajstić information content (AvgIpc) is 2.69. The number of nitrogens with zero attached hydrogens (tertiary/aromatic N) is 1. The fraction of sp³-hybridized carbons (Fsp3) is 0.609. The molecule has 1 heterocycles. The van der Waals surface area contributed by atoms with E-state index in [0.29, 0.717) is 12.3 Å². The van der Waals surface area contributed by atoms with E-state index in [0.717, 1.165) is 36.8 Å². The van der Waals surface area contributed by atoms with Crippen molar-refractivity contribution in [3.05, 3.63) is 45.9 Å². The molecule has 0 saturated heterocycles. The zero-order valence-corrected chi connectivity index (χ0v) is 18.2. The van der Waals surface area contributed by atoms with E-state index in [9.17, 15) is 9.59 Å². The molecule has 0 aliphatic rings. The first-order valence-electron chi connectivity index (χ1n) is 11.1. The minimum atomic E-state index is -0.979. The zero-order chi connectivity index (χ0) is 22.2. The van der Waals surface area contributed by atoms with E-state index in [-0.39, 0.29) is 18.1 Å². The number of aromatic amines is 1. The summed E-state index contributed by atoms with van der Waals surface area (Å²) in [5.41, 5.74) is 12.5. The minimum Gasteiger partial charge on any atom is -0.478 e. The number of guanidine groups is 1. The number of aliphatic imine (C=N–C) groups is 1. The number of aliphatic carboxylic acids is 1. The zero-order valence-electron chi connectivity index (χ0n) is 18.2. The minimum absolute atomic E-state index is 0.0368. The second-order valence-corrected chi connectivity index (χ2v) is 7.96. The van der Waals surface area contributed by atoms with Crippen LogP contribution in [-0.4, -0.2) is 28.6 Å². The molecule has 0 fully saturated rings. The van der Waals surface area contributed by atoms with Crippen LogP contribution in [0.25, 0.3) is 0 Å². The van der Waals surface area contributed by atoms with Crippen molar-refractivity contribution in [3.8, 4) is 0 Å². The number of rotatable bonds is 16. The first-order valence-corrected chi connectivity index (χ1v) is 11.1. The summed E-state index contributed by atoms with van der Waals surface area (Å²) >= 11 is 0. The van der Waals surface area contributed by atoms with Gasteiger partial charge in [0.1, 0.15) is 0 Å². The Morgan fingerprint density at radius 2 is 1.83 bits per heavy atom. The van der Waals surface area contributed by atoms with Crippen LogP contribution in [0.3, 0.4) is 0 Å². The molecule has 6 N–H and O–H groups in total. The first-order chi connectivity index (χ1) is 14.4. The maximum atomic E-state index is 11.3. The predicted octanol–water partition coefficient (Wildman–Crippen LogP) is 3.74. The van der Waals surface area contributed by atoms with Gasteiger partial charge in [-0.25, -0.2) is 9.79 Å². The van der Waals surface area contributed by atoms with Crippen molar-refractivity contribution in [1.29, 1.82) is 0 Å². The molecule has 1 atom stereocenters. The molecule has 168 valence electrons. The summed E-state index contributed by atoms with van der Waals surface area (Å²) in [4.78, 5) is 29.1. The van der Waals surface area contributed by atoms with Crippen molar-refractivity contribution < 1.29 is 9.90 Å². The quantitative estimate of drug-likeness (QED) is 0.140. The number of pyridine rings is 1. The lowest BCUT2D eigenvalue weighted by Crippen LogP contribution is -2.23. The fourth-order valence-electron chi connectivity index (χ4n) is 3.65. The van der Waals surface area contributed by atoms with Crippen LogP contribution in [0.4, 0.5) is 0 Å². The molecule has 7 heteroatoms. The molecule has 0 aliphatic heterocycles. The molecular weight excluding hydrogens is 380 g/mol. The Labute approximate surface area is 179 Å². The maximum absolute atomic E-state index is 11.3. The van der Waals surface area contributed by atoms with Gasteiger partial charge in [-0.1, -0.05) is 57.9 Å². The lowest BCUT2D eigenvalue weighted by molar-refractivity contribution is -0.131. The van der Waals surface area contributed by atoms with Gasteiger partial charge in [0, 0.05) is 18.3 Å². The van der Waals surface area contributed by atoms with Gasteiger partial charge in [0.05, 0.1) is 6.54 Å². The van der Waals surface area contributed by atoms with Gasteiger partial charge < -0.3 is 21.6 Å². The largest absolute Gasteiger partial charge is 0.478 e. The Bertz CT molecular complexity index is 716. The number of carbonyl (C=O) groups is 1. The molecule has 0 bridgehead atoms. The molecule has 30 heavy (non-hydrogen) atoms. The number of unbranched alkanes of at least 4 members (excludes halogenated alkanes) is 5. The average molecular weight is 419 g/mol. The second-order valence-electron chi connectivity index (χ2n) is 7.96. The number of carboxylic acid groups (broad SMARTS) is 1. The van der Waals surface area contributed by atoms with Gasteiger partial charge in [0.25, 0.3) is 0 Å². The number of carboxylic acids is 1. The van der Waals surface area contributed by atoms with Crippen LogP contribution in [0.1, 0.15) is 76.7 Å². The van der Waals surface area contributed by atoms with E-state index < -0.39 is 5.97 Å². The second kappa shape index (κ2) is 15.3. The molecule has 7 nitrogen and oxygen atoms in total. The standard InChI is InChI=1S/C23H38N4O3/c1-2-3-4-5-6-7-9-18(14-20-12-13-21(28)26-16-20)10-8-11-19(15-22(29)30)17-27-23(24)25/h12-13,15-16,18H,2-11,14,17H2,1H3,(H,26,28)(H,29,30)(H4,24,25,27). The monoisotopic (exact) mass is 418 g/mol. The van der Waals surface area contributed by atoms with E-state index >= 15 is 0 Å². The van der Waals surface area contributed by atoms with Crippen molar-refractivity contribution in [3.63, 3.8) is 0 Å². The highest BCUT2D eigenvalue weighted by atomic mass is 16.4. The smallest absolute Gasteiger partial charge is 0.328 e. The Morgan fingerprint density at radius 1 is 1.13 bits per heavy atom. The fourth-order valence-corrected chi connectivity index (χ4v) is 3.65. The lowest BCUT2D eigenvalue weighted by Gasteiger charge is -2.17. The Balaban J connectivity index is 2.61. The Kier molecular flexibility index (Phi) is 13.0. The summed E-state index contributed by atoms with van der Waals surface area (Å²) in [6.07, 6.45) is 15.2. The van der Waals surface area contributed by atoms with Crippen molar-refractivity contribution in [2.75, 3.05) is 6.54 Å². The van der Waals surface area contributed by atoms with Crippen LogP contribution in [0.5, 0.6) is 0 Å². The summed E-state index contributed by atoms with van der Waals surface area (Å²) < 4.78 is 0. The highest BCUT2D eigenvalue weighted by Gasteiger charge is 2.11. The van der Waals surface area contributed by atoms with Crippen LogP contribution in [0.15, 0.2) is 39.8 Å². The van der Waals surface area contributed by atoms with Crippen LogP contribution in [-0.2, 0) is 11.2 Å². The number of H-pyrrole nitrogens is 1. The summed E-state index contributed by atoms with van der Waals surface area (Å²) in [6.45, 7) is 2.44. The molecule has 1 aromatic rings. The Morgan fingerprint density at radius 3 is 2.47 bits per heavy atom. The van der Waals surface area contributed by atoms with Gasteiger partial charge in [-0.2, -0.15) is 0 Å². The van der Waals surface area contributed by atoms with E-state index in [4.69, 9.17) is 16.6 Å². The molecule has 0 aliphatic carbocycles. The third kappa shape index (κ3) is 12.8. The highest BCUT2D eigenvalue weighted by Crippen LogP contribution is 2.23. The molecule has 1 aromatic heterocycles. The third-order valence-electron chi connectivity index (χ3n) is 5.24. The van der Waals surface area contributed by atoms with Gasteiger partial charge >= 0.3 is 5.97 Å². The van der Waals surface area contributed by atoms with Crippen LogP contribution < -0.4 is 17.0 Å². The van der Waals surface area contributed by atoms with Crippen molar-refractivity contribution in [2.45, 2.75) is 77.6 Å². The Hall–Kier alpha value is -2.57. The van der Waals surface area contributed by atoms with Crippen LogP contribution in [0, 0.1) is 5.92 Å². The summed E-state index contributed by atoms with van der Waals surface area (Å²) in [5, 5.41) is 9.06. The van der Waals surface area contributed by atoms with Gasteiger partial charge in [0.2, 0.25) is 5.56 Å². The van der Waals surface area contributed by atoms with Crippen molar-refractivity contribution in [2.24, 2.45) is 22.4 Å². The summed E-state index contributed by atoms with van der Waals surface area (Å²) in [6, 6.07) is 3.46. The van der Waals surface area contributed by atoms with Gasteiger partial charge in [-0.05, 0) is 42.7 Å². The molecule has 0 saturated carbocycles. The lowest BCUT2D eigenvalue weighted by atomic mass is 9.89. The maximum Gasteiger partial charge on any atom is 0.328 e. The number of hydrogen-bond acceptors (Lipinski definition) is 3. The van der Waals surface area contributed by atoms with Crippen LogP contribution >= 0.6 is 0 Å². The van der Waals surface area contributed by atoms with Gasteiger partial charge in [-0.15, -0.1) is 0 Å². The van der Waals surface area contributed by atoms with E-state index in [1.807, 2.05) is 6.07 Å². The van der Waals surface area contributed by atoms with Crippen molar-refractivity contribution in [1.82, 2.24) is 4.98 Å². The number of nitrogens with two attached hydrogens (primary N) is 2. The predicted molar refractivity (Wildman–Crippen MR) is 122 cm³/mol. The molecule has 1 unspecified atom stereocenters. The van der Waals surface area contributed by atoms with Gasteiger partial charge in [-0.3, -0.25) is 4.79 Å². The van der Waals surface area contributed by atoms with E-state index in [1.54, 1.807) is 12.3 Å². The summed E-state index contributed by atoms with van der Waals surface area (Å²) in [7, 11) is 0. The van der Waals surface area contributed by atoms with E-state index in [1.165, 1.54) is 44.6 Å². The SMILES string of the molecule is CCCCCCCCC(CCCC(=CC(=O)O)CN=C(N)N)Cc1ccc(=O)[nH]c1. The first kappa shape index (κ1) is 25.5. The third-order valence-corrected chi connectivity index (χ3v) is 5.24. The number of aromatic nitrogens is 1. The number of hydrogen-bond donors (Lipinski definition) is 4. The topological polar surface area (TPSA) is 135 Å². The molecule has 0 aromatic carbocycles. The summed E-state index contributed by atoms with van der Waals surface area (Å²) in [5.74, 6) is -0.519. The molecule has 0 amide bonds. The molecule has 1 rings (SSSR count). The highest BCUT2D eigenvalue weighted by molar-refractivity contribution is 5.81. The molecule has 0 radical (unpaired) electrons. The molecular formula is C23H38N4O3.